The van der Waals surface area contributed by atoms with Crippen LogP contribution in [0.2, 0.25) is 5.02 Å². The van der Waals surface area contributed by atoms with Gasteiger partial charge in [-0.3, -0.25) is 0 Å². The van der Waals surface area contributed by atoms with Crippen LogP contribution in [0.1, 0.15) is 11.1 Å². The number of anilines is 1. The highest BCUT2D eigenvalue weighted by Gasteiger charge is 2.03. The van der Waals surface area contributed by atoms with Crippen molar-refractivity contribution in [2.24, 2.45) is 0 Å². The van der Waals surface area contributed by atoms with E-state index in [-0.39, 0.29) is 0 Å². The number of pyridine rings is 1. The lowest BCUT2D eigenvalue weighted by Crippen LogP contribution is -2.09. The van der Waals surface area contributed by atoms with Gasteiger partial charge in [-0.15, -0.1) is 0 Å². The molecule has 0 saturated carbocycles. The smallest absolute Gasteiger partial charge is 0.157 e. The molecule has 20 heavy (non-hydrogen) atoms. The zero-order chi connectivity index (χ0) is 13.9. The fourth-order valence-electron chi connectivity index (χ4n) is 2.17. The number of hydrogen-bond acceptors (Lipinski definition) is 3. The van der Waals surface area contributed by atoms with Gasteiger partial charge in [0.1, 0.15) is 12.1 Å². The summed E-state index contributed by atoms with van der Waals surface area (Å²) in [4.78, 5) is 4.21. The number of hydrogen-bond donors (Lipinski definition) is 1. The molecular formula is C15H15ClN4. The Morgan fingerprint density at radius 2 is 2.00 bits per heavy atom. The van der Waals surface area contributed by atoms with Crippen LogP contribution in [-0.2, 0) is 6.42 Å². The van der Waals surface area contributed by atoms with Crippen LogP contribution in [-0.4, -0.2) is 21.1 Å². The summed E-state index contributed by atoms with van der Waals surface area (Å²) in [6.07, 6.45) is 2.50. The lowest BCUT2D eigenvalue weighted by Gasteiger charge is -2.09. The van der Waals surface area contributed by atoms with E-state index in [1.165, 1.54) is 11.1 Å². The molecule has 0 amide bonds. The molecule has 3 aromatic rings. The quantitative estimate of drug-likeness (QED) is 0.800. The van der Waals surface area contributed by atoms with Gasteiger partial charge in [0.15, 0.2) is 5.65 Å². The fourth-order valence-corrected chi connectivity index (χ4v) is 2.29. The molecule has 1 aromatic carbocycles. The second-order valence-corrected chi connectivity index (χ2v) is 5.19. The van der Waals surface area contributed by atoms with Gasteiger partial charge in [0.05, 0.1) is 0 Å². The van der Waals surface area contributed by atoms with E-state index in [0.717, 1.165) is 29.5 Å². The monoisotopic (exact) mass is 286 g/mol. The van der Waals surface area contributed by atoms with Gasteiger partial charge in [0, 0.05) is 11.6 Å². The molecule has 1 N–H and O–H groups in total. The lowest BCUT2D eigenvalue weighted by atomic mass is 10.1. The van der Waals surface area contributed by atoms with Gasteiger partial charge in [-0.05, 0) is 48.7 Å². The number of aromatic nitrogens is 3. The number of fused-ring (bicyclic) bond motifs is 1. The van der Waals surface area contributed by atoms with Crippen LogP contribution < -0.4 is 5.32 Å². The summed E-state index contributed by atoms with van der Waals surface area (Å²) in [5, 5.41) is 8.40. The Hall–Kier alpha value is -2.07. The lowest BCUT2D eigenvalue weighted by molar-refractivity contribution is 0.926. The van der Waals surface area contributed by atoms with Crippen LogP contribution in [0.4, 0.5) is 5.82 Å². The summed E-state index contributed by atoms with van der Waals surface area (Å²) in [7, 11) is 0. The molecule has 0 bridgehead atoms. The van der Waals surface area contributed by atoms with E-state index < -0.39 is 0 Å². The van der Waals surface area contributed by atoms with Crippen molar-refractivity contribution in [1.82, 2.24) is 14.6 Å². The van der Waals surface area contributed by atoms with Crippen molar-refractivity contribution in [2.75, 3.05) is 11.9 Å². The fraction of sp³-hybridized carbons (Fsp3) is 0.200. The standard InChI is InChI=1S/C15H15ClN4/c1-11-8-14(20-15(9-11)18-10-19-20)17-7-6-12-2-4-13(16)5-3-12/h2-5,8-10,17H,6-7H2,1H3. The molecule has 0 saturated heterocycles. The first-order valence-electron chi connectivity index (χ1n) is 6.51. The van der Waals surface area contributed by atoms with E-state index in [2.05, 4.69) is 28.4 Å². The third-order valence-corrected chi connectivity index (χ3v) is 3.41. The third-order valence-electron chi connectivity index (χ3n) is 3.16. The van der Waals surface area contributed by atoms with Crippen molar-refractivity contribution < 1.29 is 0 Å². The normalized spacial score (nSPS) is 10.9. The van der Waals surface area contributed by atoms with E-state index in [1.807, 2.05) is 34.8 Å². The molecular weight excluding hydrogens is 272 g/mol. The van der Waals surface area contributed by atoms with Crippen molar-refractivity contribution in [3.8, 4) is 0 Å². The van der Waals surface area contributed by atoms with Gasteiger partial charge in [0.25, 0.3) is 0 Å². The Morgan fingerprint density at radius 3 is 2.80 bits per heavy atom. The highest BCUT2D eigenvalue weighted by Crippen LogP contribution is 2.14. The van der Waals surface area contributed by atoms with E-state index in [0.29, 0.717) is 0 Å². The van der Waals surface area contributed by atoms with Crippen LogP contribution in [0.5, 0.6) is 0 Å². The topological polar surface area (TPSA) is 42.2 Å². The number of benzene rings is 1. The predicted molar refractivity (Wildman–Crippen MR) is 81.4 cm³/mol. The average molecular weight is 287 g/mol. The molecule has 0 radical (unpaired) electrons. The second-order valence-electron chi connectivity index (χ2n) is 4.75. The van der Waals surface area contributed by atoms with Crippen molar-refractivity contribution in [1.29, 1.82) is 0 Å². The Kier molecular flexibility index (Phi) is 3.56. The summed E-state index contributed by atoms with van der Waals surface area (Å²) in [6, 6.07) is 12.0. The first-order valence-corrected chi connectivity index (χ1v) is 6.89. The van der Waals surface area contributed by atoms with Crippen LogP contribution in [0.15, 0.2) is 42.7 Å². The maximum atomic E-state index is 5.88. The van der Waals surface area contributed by atoms with Gasteiger partial charge in [-0.25, -0.2) is 4.98 Å². The van der Waals surface area contributed by atoms with E-state index in [1.54, 1.807) is 6.33 Å². The van der Waals surface area contributed by atoms with Crippen LogP contribution >= 0.6 is 11.6 Å². The summed E-state index contributed by atoms with van der Waals surface area (Å²) >= 11 is 5.88. The number of halogens is 1. The molecule has 2 aromatic heterocycles. The SMILES string of the molecule is Cc1cc(NCCc2ccc(Cl)cc2)n2ncnc2c1. The molecule has 0 atom stereocenters. The molecule has 2 heterocycles. The Labute approximate surface area is 122 Å². The minimum Gasteiger partial charge on any atom is -0.370 e. The van der Waals surface area contributed by atoms with Crippen LogP contribution in [0.3, 0.4) is 0 Å². The molecule has 4 nitrogen and oxygen atoms in total. The molecule has 0 aliphatic carbocycles. The molecule has 0 aliphatic heterocycles. The summed E-state index contributed by atoms with van der Waals surface area (Å²) in [5.74, 6) is 0.964. The van der Waals surface area contributed by atoms with E-state index in [4.69, 9.17) is 11.6 Å². The Morgan fingerprint density at radius 1 is 1.20 bits per heavy atom. The van der Waals surface area contributed by atoms with Gasteiger partial charge in [-0.1, -0.05) is 23.7 Å². The van der Waals surface area contributed by atoms with Crippen molar-refractivity contribution >= 4 is 23.1 Å². The zero-order valence-corrected chi connectivity index (χ0v) is 11.9. The molecule has 102 valence electrons. The number of nitrogens with zero attached hydrogens (tertiary/aromatic N) is 3. The summed E-state index contributed by atoms with van der Waals surface area (Å²) in [5.41, 5.74) is 3.28. The van der Waals surface area contributed by atoms with Gasteiger partial charge >= 0.3 is 0 Å². The number of rotatable bonds is 4. The highest BCUT2D eigenvalue weighted by atomic mass is 35.5. The zero-order valence-electron chi connectivity index (χ0n) is 11.2. The summed E-state index contributed by atoms with van der Waals surface area (Å²) < 4.78 is 1.81. The molecule has 0 unspecified atom stereocenters. The molecule has 3 rings (SSSR count). The molecule has 0 spiro atoms. The van der Waals surface area contributed by atoms with Crippen molar-refractivity contribution in [3.05, 3.63) is 58.9 Å². The largest absolute Gasteiger partial charge is 0.370 e. The number of aryl methyl sites for hydroxylation is 1. The minimum atomic E-state index is 0.768. The molecule has 0 aliphatic rings. The maximum Gasteiger partial charge on any atom is 0.157 e. The first kappa shape index (κ1) is 12.9. The van der Waals surface area contributed by atoms with E-state index >= 15 is 0 Å². The second kappa shape index (κ2) is 5.51. The average Bonchev–Trinajstić information content (AvgIpc) is 2.89. The number of nitrogens with one attached hydrogen (secondary N) is 1. The third kappa shape index (κ3) is 2.75. The van der Waals surface area contributed by atoms with Gasteiger partial charge in [-0.2, -0.15) is 9.61 Å². The molecule has 0 fully saturated rings. The molecule has 5 heteroatoms. The van der Waals surface area contributed by atoms with Gasteiger partial charge < -0.3 is 5.32 Å². The Bertz CT molecular complexity index is 718. The summed E-state index contributed by atoms with van der Waals surface area (Å²) in [6.45, 7) is 2.89. The van der Waals surface area contributed by atoms with E-state index in [9.17, 15) is 0 Å². The van der Waals surface area contributed by atoms with Crippen molar-refractivity contribution in [2.45, 2.75) is 13.3 Å². The van der Waals surface area contributed by atoms with Crippen LogP contribution in [0, 0.1) is 6.92 Å². The van der Waals surface area contributed by atoms with Gasteiger partial charge in [0.2, 0.25) is 0 Å². The maximum absolute atomic E-state index is 5.88. The highest BCUT2D eigenvalue weighted by molar-refractivity contribution is 6.30. The first-order chi connectivity index (χ1) is 9.72. The minimum absolute atomic E-state index is 0.768. The van der Waals surface area contributed by atoms with Crippen molar-refractivity contribution in [3.63, 3.8) is 0 Å². The Balaban J connectivity index is 1.70. The van der Waals surface area contributed by atoms with Crippen LogP contribution in [0.25, 0.3) is 5.65 Å². The predicted octanol–water partition coefficient (Wildman–Crippen LogP) is 3.35.